The molecule has 2 amide bonds. The zero-order valence-corrected chi connectivity index (χ0v) is 14.6. The summed E-state index contributed by atoms with van der Waals surface area (Å²) in [6.07, 6.45) is 0. The van der Waals surface area contributed by atoms with Crippen LogP contribution < -0.4 is 20.1 Å². The van der Waals surface area contributed by atoms with Gasteiger partial charge in [0.25, 0.3) is 0 Å². The number of amides is 2. The molecule has 0 radical (unpaired) electrons. The van der Waals surface area contributed by atoms with E-state index in [1.807, 2.05) is 6.07 Å². The Morgan fingerprint density at radius 3 is 2.26 bits per heavy atom. The summed E-state index contributed by atoms with van der Waals surface area (Å²) in [6.45, 7) is 7.41. The fourth-order valence-corrected chi connectivity index (χ4v) is 1.81. The van der Waals surface area contributed by atoms with Crippen LogP contribution in [0.5, 0.6) is 11.5 Å². The minimum atomic E-state index is -0.595. The molecule has 6 nitrogen and oxygen atoms in total. The Hall–Kier alpha value is -2.24. The fraction of sp³-hybridized carbons (Fsp3) is 0.529. The Bertz CT molecular complexity index is 564. The number of hydrogen-bond acceptors (Lipinski definition) is 4. The summed E-state index contributed by atoms with van der Waals surface area (Å²) in [5.74, 6) is 0.838. The molecule has 1 rings (SSSR count). The Morgan fingerprint density at radius 1 is 1.13 bits per heavy atom. The van der Waals surface area contributed by atoms with Crippen LogP contribution in [-0.2, 0) is 16.1 Å². The van der Waals surface area contributed by atoms with E-state index >= 15 is 0 Å². The minimum Gasteiger partial charge on any atom is -0.493 e. The molecule has 1 atom stereocenters. The molecule has 0 bridgehead atoms. The van der Waals surface area contributed by atoms with Crippen LogP contribution in [0.25, 0.3) is 0 Å². The van der Waals surface area contributed by atoms with Gasteiger partial charge in [-0.25, -0.2) is 0 Å². The lowest BCUT2D eigenvalue weighted by molar-refractivity contribution is -0.133. The Balaban J connectivity index is 2.60. The normalized spacial score (nSPS) is 12.3. The largest absolute Gasteiger partial charge is 0.493 e. The topological polar surface area (TPSA) is 76.7 Å². The van der Waals surface area contributed by atoms with Crippen LogP contribution in [-0.4, -0.2) is 32.1 Å². The number of rotatable bonds is 6. The number of nitrogens with one attached hydrogen (secondary N) is 2. The molecule has 0 saturated heterocycles. The van der Waals surface area contributed by atoms with Gasteiger partial charge in [0.05, 0.1) is 14.2 Å². The third kappa shape index (κ3) is 5.47. The molecule has 0 saturated carbocycles. The summed E-state index contributed by atoms with van der Waals surface area (Å²) < 4.78 is 10.4. The van der Waals surface area contributed by atoms with Gasteiger partial charge in [-0.1, -0.05) is 26.8 Å². The van der Waals surface area contributed by atoms with Crippen LogP contribution in [0, 0.1) is 5.41 Å². The lowest BCUT2D eigenvalue weighted by Gasteiger charge is -2.21. The Morgan fingerprint density at radius 2 is 1.74 bits per heavy atom. The number of hydrogen-bond donors (Lipinski definition) is 2. The van der Waals surface area contributed by atoms with Crippen molar-refractivity contribution in [2.45, 2.75) is 40.3 Å². The molecule has 0 aliphatic carbocycles. The van der Waals surface area contributed by atoms with Crippen molar-refractivity contribution in [1.82, 2.24) is 10.6 Å². The summed E-state index contributed by atoms with van der Waals surface area (Å²) in [6, 6.07) is 4.84. The molecule has 1 aromatic carbocycles. The summed E-state index contributed by atoms with van der Waals surface area (Å²) in [5, 5.41) is 5.50. The van der Waals surface area contributed by atoms with Crippen molar-refractivity contribution in [1.29, 1.82) is 0 Å². The maximum atomic E-state index is 12.1. The second-order valence-electron chi connectivity index (χ2n) is 6.35. The zero-order chi connectivity index (χ0) is 17.6. The highest BCUT2D eigenvalue weighted by Gasteiger charge is 2.24. The number of benzene rings is 1. The number of methoxy groups -OCH3 is 2. The van der Waals surface area contributed by atoms with E-state index in [-0.39, 0.29) is 11.8 Å². The van der Waals surface area contributed by atoms with Gasteiger partial charge in [0.1, 0.15) is 6.04 Å². The van der Waals surface area contributed by atoms with E-state index in [0.29, 0.717) is 18.0 Å². The summed E-state index contributed by atoms with van der Waals surface area (Å²) in [4.78, 5) is 24.0. The molecule has 0 aliphatic heterocycles. The second-order valence-corrected chi connectivity index (χ2v) is 6.35. The molecule has 0 unspecified atom stereocenters. The molecule has 2 N–H and O–H groups in total. The third-order valence-electron chi connectivity index (χ3n) is 3.34. The highest BCUT2D eigenvalue weighted by Crippen LogP contribution is 2.27. The van der Waals surface area contributed by atoms with E-state index in [9.17, 15) is 9.59 Å². The second kappa shape index (κ2) is 7.85. The van der Waals surface area contributed by atoms with Gasteiger partial charge in [-0.2, -0.15) is 0 Å². The van der Waals surface area contributed by atoms with Gasteiger partial charge in [-0.3, -0.25) is 9.59 Å². The van der Waals surface area contributed by atoms with Crippen LogP contribution >= 0.6 is 0 Å². The smallest absolute Gasteiger partial charge is 0.242 e. The molecule has 0 fully saturated rings. The van der Waals surface area contributed by atoms with Crippen LogP contribution in [0.15, 0.2) is 18.2 Å². The molecule has 0 aliphatic rings. The minimum absolute atomic E-state index is 0.161. The predicted molar refractivity (Wildman–Crippen MR) is 88.5 cm³/mol. The summed E-state index contributed by atoms with van der Waals surface area (Å²) in [5.41, 5.74) is 0.350. The quantitative estimate of drug-likeness (QED) is 0.838. The van der Waals surface area contributed by atoms with Crippen LogP contribution in [0.4, 0.5) is 0 Å². The van der Waals surface area contributed by atoms with Gasteiger partial charge in [0.2, 0.25) is 11.8 Å². The molecular formula is C17H26N2O4. The Labute approximate surface area is 137 Å². The first-order valence-corrected chi connectivity index (χ1v) is 7.48. The van der Waals surface area contributed by atoms with Gasteiger partial charge in [-0.15, -0.1) is 0 Å². The first-order valence-electron chi connectivity index (χ1n) is 7.48. The molecule has 0 spiro atoms. The van der Waals surface area contributed by atoms with Crippen molar-refractivity contribution in [3.8, 4) is 11.5 Å². The van der Waals surface area contributed by atoms with Crippen molar-refractivity contribution in [3.63, 3.8) is 0 Å². The highest BCUT2D eigenvalue weighted by molar-refractivity contribution is 5.89. The highest BCUT2D eigenvalue weighted by atomic mass is 16.5. The van der Waals surface area contributed by atoms with Gasteiger partial charge in [0.15, 0.2) is 11.5 Å². The molecule has 0 heterocycles. The van der Waals surface area contributed by atoms with Crippen molar-refractivity contribution in [2.75, 3.05) is 14.2 Å². The van der Waals surface area contributed by atoms with E-state index in [1.54, 1.807) is 54.0 Å². The summed E-state index contributed by atoms with van der Waals surface area (Å²) in [7, 11) is 3.13. The molecule has 6 heteroatoms. The predicted octanol–water partition coefficient (Wildman–Crippen LogP) is 1.87. The van der Waals surface area contributed by atoms with E-state index in [4.69, 9.17) is 9.47 Å². The van der Waals surface area contributed by atoms with Crippen LogP contribution in [0.3, 0.4) is 0 Å². The molecule has 128 valence electrons. The summed E-state index contributed by atoms with van der Waals surface area (Å²) >= 11 is 0. The average molecular weight is 322 g/mol. The number of carbonyl (C=O) groups excluding carboxylic acids is 2. The molecule has 23 heavy (non-hydrogen) atoms. The third-order valence-corrected chi connectivity index (χ3v) is 3.34. The monoisotopic (exact) mass is 322 g/mol. The van der Waals surface area contributed by atoms with Crippen molar-refractivity contribution >= 4 is 11.8 Å². The van der Waals surface area contributed by atoms with E-state index in [1.165, 1.54) is 0 Å². The molecule has 1 aromatic rings. The van der Waals surface area contributed by atoms with Gasteiger partial charge < -0.3 is 20.1 Å². The van der Waals surface area contributed by atoms with Crippen molar-refractivity contribution in [2.24, 2.45) is 5.41 Å². The average Bonchev–Trinajstić information content (AvgIpc) is 2.50. The van der Waals surface area contributed by atoms with Gasteiger partial charge >= 0.3 is 0 Å². The molecule has 0 aromatic heterocycles. The Kier molecular flexibility index (Phi) is 6.42. The maximum Gasteiger partial charge on any atom is 0.242 e. The van der Waals surface area contributed by atoms with Gasteiger partial charge in [-0.05, 0) is 24.6 Å². The van der Waals surface area contributed by atoms with Gasteiger partial charge in [0, 0.05) is 12.0 Å². The van der Waals surface area contributed by atoms with Crippen LogP contribution in [0.2, 0.25) is 0 Å². The SMILES string of the molecule is COc1ccc(CNC(=O)[C@H](C)NC(=O)C(C)(C)C)cc1OC. The van der Waals surface area contributed by atoms with Crippen molar-refractivity contribution < 1.29 is 19.1 Å². The fourth-order valence-electron chi connectivity index (χ4n) is 1.81. The lowest BCUT2D eigenvalue weighted by Crippen LogP contribution is -2.48. The van der Waals surface area contributed by atoms with Crippen LogP contribution in [0.1, 0.15) is 33.3 Å². The molecular weight excluding hydrogens is 296 g/mol. The standard InChI is InChI=1S/C17H26N2O4/c1-11(19-16(21)17(2,3)4)15(20)18-10-12-7-8-13(22-5)14(9-12)23-6/h7-9,11H,10H2,1-6H3,(H,18,20)(H,19,21)/t11-/m0/s1. The lowest BCUT2D eigenvalue weighted by atomic mass is 9.95. The van der Waals surface area contributed by atoms with E-state index in [2.05, 4.69) is 10.6 Å². The van der Waals surface area contributed by atoms with E-state index < -0.39 is 11.5 Å². The first-order chi connectivity index (χ1) is 10.7. The first kappa shape index (κ1) is 18.8. The number of carbonyl (C=O) groups is 2. The maximum absolute atomic E-state index is 12.1. The zero-order valence-electron chi connectivity index (χ0n) is 14.6. The van der Waals surface area contributed by atoms with Crippen molar-refractivity contribution in [3.05, 3.63) is 23.8 Å². The van der Waals surface area contributed by atoms with E-state index in [0.717, 1.165) is 5.56 Å². The number of ether oxygens (including phenoxy) is 2.